The molecular weight excluding hydrogens is 172 g/mol. The van der Waals surface area contributed by atoms with Crippen LogP contribution < -0.4 is 5.73 Å². The van der Waals surface area contributed by atoms with Gasteiger partial charge in [-0.2, -0.15) is 0 Å². The van der Waals surface area contributed by atoms with Crippen LogP contribution in [0.2, 0.25) is 0 Å². The van der Waals surface area contributed by atoms with Gasteiger partial charge in [-0.1, -0.05) is 20.8 Å². The lowest BCUT2D eigenvalue weighted by Crippen LogP contribution is -2.39. The Morgan fingerprint density at radius 1 is 1.36 bits per heavy atom. The minimum absolute atomic E-state index is 0.378. The first-order valence-electron chi connectivity index (χ1n) is 6.13. The number of hydrogen-bond acceptors (Lipinski definition) is 2. The molecule has 0 radical (unpaired) electrons. The zero-order chi connectivity index (χ0) is 10.6. The lowest BCUT2D eigenvalue weighted by atomic mass is 10.1. The van der Waals surface area contributed by atoms with E-state index in [-0.39, 0.29) is 0 Å². The van der Waals surface area contributed by atoms with Crippen LogP contribution in [0, 0.1) is 5.92 Å². The van der Waals surface area contributed by atoms with Crippen LogP contribution in [0.1, 0.15) is 46.5 Å². The SMILES string of the molecule is CCC(N)CN(CCC(C)C)C1CC1. The summed E-state index contributed by atoms with van der Waals surface area (Å²) in [7, 11) is 0. The van der Waals surface area contributed by atoms with E-state index in [0.717, 1.165) is 24.9 Å². The molecule has 0 heterocycles. The van der Waals surface area contributed by atoms with Gasteiger partial charge < -0.3 is 5.73 Å². The van der Waals surface area contributed by atoms with Crippen LogP contribution in [-0.4, -0.2) is 30.1 Å². The van der Waals surface area contributed by atoms with Gasteiger partial charge in [0.05, 0.1) is 0 Å². The summed E-state index contributed by atoms with van der Waals surface area (Å²) in [5.74, 6) is 0.814. The van der Waals surface area contributed by atoms with Gasteiger partial charge >= 0.3 is 0 Å². The van der Waals surface area contributed by atoms with E-state index in [1.165, 1.54) is 25.8 Å². The Bertz CT molecular complexity index is 152. The molecule has 84 valence electrons. The Hall–Kier alpha value is -0.0800. The first-order chi connectivity index (χ1) is 6.63. The van der Waals surface area contributed by atoms with E-state index < -0.39 is 0 Å². The van der Waals surface area contributed by atoms with Crippen LogP contribution in [-0.2, 0) is 0 Å². The highest BCUT2D eigenvalue weighted by Gasteiger charge is 2.29. The fourth-order valence-electron chi connectivity index (χ4n) is 1.72. The summed E-state index contributed by atoms with van der Waals surface area (Å²) in [6, 6.07) is 1.24. The van der Waals surface area contributed by atoms with Gasteiger partial charge in [0, 0.05) is 18.6 Å². The minimum atomic E-state index is 0.378. The van der Waals surface area contributed by atoms with Crippen LogP contribution >= 0.6 is 0 Å². The maximum Gasteiger partial charge on any atom is 0.0165 e. The average Bonchev–Trinajstić information content (AvgIpc) is 2.94. The Morgan fingerprint density at radius 3 is 2.43 bits per heavy atom. The largest absolute Gasteiger partial charge is 0.327 e. The second-order valence-corrected chi connectivity index (χ2v) is 5.08. The zero-order valence-corrected chi connectivity index (χ0v) is 10.00. The molecule has 0 bridgehead atoms. The Kier molecular flexibility index (Phi) is 4.90. The highest BCUT2D eigenvalue weighted by molar-refractivity contribution is 4.86. The van der Waals surface area contributed by atoms with Gasteiger partial charge in [-0.15, -0.1) is 0 Å². The highest BCUT2D eigenvalue weighted by Crippen LogP contribution is 2.27. The molecule has 2 heteroatoms. The van der Waals surface area contributed by atoms with E-state index in [9.17, 15) is 0 Å². The number of rotatable bonds is 7. The van der Waals surface area contributed by atoms with Gasteiger partial charge in [-0.3, -0.25) is 4.90 Å². The van der Waals surface area contributed by atoms with Crippen LogP contribution in [0.25, 0.3) is 0 Å². The maximum atomic E-state index is 6.00. The second kappa shape index (κ2) is 5.72. The molecule has 1 rings (SSSR count). The molecule has 0 aromatic carbocycles. The quantitative estimate of drug-likeness (QED) is 0.680. The summed E-state index contributed by atoms with van der Waals surface area (Å²) < 4.78 is 0. The molecule has 1 unspecified atom stereocenters. The number of hydrogen-bond donors (Lipinski definition) is 1. The topological polar surface area (TPSA) is 29.3 Å². The third-order valence-corrected chi connectivity index (χ3v) is 3.05. The van der Waals surface area contributed by atoms with Crippen molar-refractivity contribution >= 4 is 0 Å². The molecule has 2 nitrogen and oxygen atoms in total. The molecule has 0 amide bonds. The second-order valence-electron chi connectivity index (χ2n) is 5.08. The van der Waals surface area contributed by atoms with E-state index in [2.05, 4.69) is 25.7 Å². The fourth-order valence-corrected chi connectivity index (χ4v) is 1.72. The van der Waals surface area contributed by atoms with Gasteiger partial charge in [-0.25, -0.2) is 0 Å². The molecule has 0 saturated heterocycles. The van der Waals surface area contributed by atoms with E-state index in [1.54, 1.807) is 0 Å². The van der Waals surface area contributed by atoms with Crippen molar-refractivity contribution in [1.29, 1.82) is 0 Å². The fraction of sp³-hybridized carbons (Fsp3) is 1.00. The molecule has 14 heavy (non-hydrogen) atoms. The first kappa shape index (κ1) is 12.0. The molecule has 1 fully saturated rings. The molecule has 0 aromatic rings. The molecule has 2 N–H and O–H groups in total. The van der Waals surface area contributed by atoms with Gasteiger partial charge in [-0.05, 0) is 38.1 Å². The molecule has 1 atom stereocenters. The van der Waals surface area contributed by atoms with Crippen molar-refractivity contribution in [2.45, 2.75) is 58.5 Å². The predicted octanol–water partition coefficient (Wildman–Crippen LogP) is 2.23. The van der Waals surface area contributed by atoms with Crippen molar-refractivity contribution in [3.63, 3.8) is 0 Å². The van der Waals surface area contributed by atoms with Crippen molar-refractivity contribution in [3.8, 4) is 0 Å². The molecule has 1 aliphatic rings. The molecular formula is C12H26N2. The van der Waals surface area contributed by atoms with Gasteiger partial charge in [0.25, 0.3) is 0 Å². The molecule has 0 aromatic heterocycles. The molecule has 0 spiro atoms. The summed E-state index contributed by atoms with van der Waals surface area (Å²) in [6.45, 7) is 9.12. The lowest BCUT2D eigenvalue weighted by molar-refractivity contribution is 0.231. The minimum Gasteiger partial charge on any atom is -0.327 e. The normalized spacial score (nSPS) is 19.3. The Balaban J connectivity index is 2.24. The third-order valence-electron chi connectivity index (χ3n) is 3.05. The summed E-state index contributed by atoms with van der Waals surface area (Å²) >= 11 is 0. The van der Waals surface area contributed by atoms with Crippen molar-refractivity contribution < 1.29 is 0 Å². The highest BCUT2D eigenvalue weighted by atomic mass is 15.2. The van der Waals surface area contributed by atoms with Crippen LogP contribution in [0.15, 0.2) is 0 Å². The van der Waals surface area contributed by atoms with E-state index in [4.69, 9.17) is 5.73 Å². The summed E-state index contributed by atoms with van der Waals surface area (Å²) in [5.41, 5.74) is 6.00. The van der Waals surface area contributed by atoms with Crippen molar-refractivity contribution in [3.05, 3.63) is 0 Å². The third kappa shape index (κ3) is 4.43. The molecule has 1 aliphatic carbocycles. The van der Waals surface area contributed by atoms with Crippen molar-refractivity contribution in [2.24, 2.45) is 11.7 Å². The van der Waals surface area contributed by atoms with Gasteiger partial charge in [0.15, 0.2) is 0 Å². The molecule has 0 aliphatic heterocycles. The summed E-state index contributed by atoms with van der Waals surface area (Å²) in [4.78, 5) is 2.61. The number of nitrogens with two attached hydrogens (primary N) is 1. The monoisotopic (exact) mass is 198 g/mol. The maximum absolute atomic E-state index is 6.00. The average molecular weight is 198 g/mol. The lowest BCUT2D eigenvalue weighted by Gasteiger charge is -2.25. The van der Waals surface area contributed by atoms with E-state index >= 15 is 0 Å². The van der Waals surface area contributed by atoms with E-state index in [1.807, 2.05) is 0 Å². The van der Waals surface area contributed by atoms with Crippen LogP contribution in [0.4, 0.5) is 0 Å². The Labute approximate surface area is 88.8 Å². The van der Waals surface area contributed by atoms with Gasteiger partial charge in [0.1, 0.15) is 0 Å². The smallest absolute Gasteiger partial charge is 0.0165 e. The van der Waals surface area contributed by atoms with E-state index in [0.29, 0.717) is 6.04 Å². The summed E-state index contributed by atoms with van der Waals surface area (Å²) in [6.07, 6.45) is 5.21. The number of nitrogens with zero attached hydrogens (tertiary/aromatic N) is 1. The van der Waals surface area contributed by atoms with Gasteiger partial charge in [0.2, 0.25) is 0 Å². The molecule has 1 saturated carbocycles. The predicted molar refractivity (Wildman–Crippen MR) is 62.3 cm³/mol. The van der Waals surface area contributed by atoms with Crippen molar-refractivity contribution in [2.75, 3.05) is 13.1 Å². The summed E-state index contributed by atoms with van der Waals surface area (Å²) in [5, 5.41) is 0. The standard InChI is InChI=1S/C12H26N2/c1-4-11(13)9-14(12-5-6-12)8-7-10(2)3/h10-12H,4-9,13H2,1-3H3. The Morgan fingerprint density at radius 2 is 2.00 bits per heavy atom. The zero-order valence-electron chi connectivity index (χ0n) is 10.00. The van der Waals surface area contributed by atoms with Crippen LogP contribution in [0.5, 0.6) is 0 Å². The van der Waals surface area contributed by atoms with Crippen LogP contribution in [0.3, 0.4) is 0 Å². The first-order valence-corrected chi connectivity index (χ1v) is 6.13. The van der Waals surface area contributed by atoms with Crippen molar-refractivity contribution in [1.82, 2.24) is 4.90 Å².